The molecule has 2 rings (SSSR count). The van der Waals surface area contributed by atoms with Gasteiger partial charge in [-0.25, -0.2) is 0 Å². The van der Waals surface area contributed by atoms with Crippen molar-refractivity contribution in [2.24, 2.45) is 0 Å². The minimum absolute atomic E-state index is 0.00529. The van der Waals surface area contributed by atoms with Gasteiger partial charge in [0.05, 0.1) is 0 Å². The van der Waals surface area contributed by atoms with E-state index in [1.807, 2.05) is 30.3 Å². The molecule has 0 heterocycles. The number of carbonyl (C=O) groups excluding carboxylic acids is 2. The topological polar surface area (TPSA) is 49.4 Å². The molecule has 4 nitrogen and oxygen atoms in total. The third-order valence-corrected chi connectivity index (χ3v) is 4.39. The standard InChI is InChI=1S/C19H20Cl2N2O2/c1-13(24)23(2)12-14-4-3-5-17(10-14)22-19(25)9-7-15-6-8-16(20)11-18(15)21/h3-6,8,10-11H,7,9,12H2,1-2H3,(H,22,25). The summed E-state index contributed by atoms with van der Waals surface area (Å²) in [7, 11) is 1.74. The molecule has 0 aliphatic heterocycles. The average Bonchev–Trinajstić information content (AvgIpc) is 2.54. The number of aryl methyl sites for hydroxylation is 1. The number of anilines is 1. The lowest BCUT2D eigenvalue weighted by Gasteiger charge is -2.15. The van der Waals surface area contributed by atoms with E-state index in [2.05, 4.69) is 5.32 Å². The first-order valence-electron chi connectivity index (χ1n) is 7.89. The monoisotopic (exact) mass is 378 g/mol. The first kappa shape index (κ1) is 19.3. The van der Waals surface area contributed by atoms with E-state index in [9.17, 15) is 9.59 Å². The van der Waals surface area contributed by atoms with E-state index in [4.69, 9.17) is 23.2 Å². The molecule has 1 N–H and O–H groups in total. The molecule has 132 valence electrons. The molecule has 0 fully saturated rings. The van der Waals surface area contributed by atoms with E-state index in [1.54, 1.807) is 24.1 Å². The van der Waals surface area contributed by atoms with Crippen LogP contribution < -0.4 is 5.32 Å². The van der Waals surface area contributed by atoms with E-state index >= 15 is 0 Å². The predicted molar refractivity (Wildman–Crippen MR) is 102 cm³/mol. The van der Waals surface area contributed by atoms with E-state index < -0.39 is 0 Å². The molecule has 0 unspecified atom stereocenters. The number of rotatable bonds is 6. The van der Waals surface area contributed by atoms with Crippen LogP contribution >= 0.6 is 23.2 Å². The molecule has 0 atom stereocenters. The molecule has 0 saturated carbocycles. The van der Waals surface area contributed by atoms with Crippen LogP contribution in [0, 0.1) is 0 Å². The van der Waals surface area contributed by atoms with Crippen LogP contribution in [0.3, 0.4) is 0 Å². The average molecular weight is 379 g/mol. The Morgan fingerprint density at radius 2 is 1.88 bits per heavy atom. The van der Waals surface area contributed by atoms with Gasteiger partial charge in [-0.05, 0) is 41.8 Å². The van der Waals surface area contributed by atoms with Gasteiger partial charge in [-0.3, -0.25) is 9.59 Å². The molecule has 0 radical (unpaired) electrons. The summed E-state index contributed by atoms with van der Waals surface area (Å²) in [5.74, 6) is -0.0997. The second-order valence-corrected chi connectivity index (χ2v) is 6.70. The van der Waals surface area contributed by atoms with Crippen molar-refractivity contribution in [2.75, 3.05) is 12.4 Å². The minimum Gasteiger partial charge on any atom is -0.342 e. The molecule has 0 saturated heterocycles. The highest BCUT2D eigenvalue weighted by Gasteiger charge is 2.08. The Hall–Kier alpha value is -2.04. The molecular formula is C19H20Cl2N2O2. The quantitative estimate of drug-likeness (QED) is 0.801. The van der Waals surface area contributed by atoms with Crippen LogP contribution in [0.2, 0.25) is 10.0 Å². The molecule has 0 bridgehead atoms. The van der Waals surface area contributed by atoms with E-state index in [0.717, 1.165) is 11.1 Å². The highest BCUT2D eigenvalue weighted by molar-refractivity contribution is 6.35. The van der Waals surface area contributed by atoms with Crippen LogP contribution in [0.15, 0.2) is 42.5 Å². The van der Waals surface area contributed by atoms with Crippen molar-refractivity contribution in [3.63, 3.8) is 0 Å². The number of hydrogen-bond donors (Lipinski definition) is 1. The number of nitrogens with one attached hydrogen (secondary N) is 1. The third kappa shape index (κ3) is 6.07. The van der Waals surface area contributed by atoms with Crippen LogP contribution in [0.1, 0.15) is 24.5 Å². The van der Waals surface area contributed by atoms with Crippen molar-refractivity contribution < 1.29 is 9.59 Å². The summed E-state index contributed by atoms with van der Waals surface area (Å²) in [4.78, 5) is 25.1. The van der Waals surface area contributed by atoms with E-state index in [1.165, 1.54) is 6.92 Å². The number of hydrogen-bond acceptors (Lipinski definition) is 2. The minimum atomic E-state index is -0.0944. The van der Waals surface area contributed by atoms with Crippen molar-refractivity contribution in [3.8, 4) is 0 Å². The van der Waals surface area contributed by atoms with Crippen LogP contribution in [0.5, 0.6) is 0 Å². The highest BCUT2D eigenvalue weighted by atomic mass is 35.5. The Kier molecular flexibility index (Phi) is 6.85. The molecule has 0 aliphatic rings. The van der Waals surface area contributed by atoms with Gasteiger partial charge in [0.15, 0.2) is 0 Å². The van der Waals surface area contributed by atoms with Crippen molar-refractivity contribution in [3.05, 3.63) is 63.6 Å². The van der Waals surface area contributed by atoms with Gasteiger partial charge in [0, 0.05) is 42.7 Å². The Balaban J connectivity index is 1.93. The van der Waals surface area contributed by atoms with Crippen molar-refractivity contribution in [1.29, 1.82) is 0 Å². The predicted octanol–water partition coefficient (Wildman–Crippen LogP) is 4.54. The molecule has 25 heavy (non-hydrogen) atoms. The second-order valence-electron chi connectivity index (χ2n) is 5.86. The summed E-state index contributed by atoms with van der Waals surface area (Å²) >= 11 is 12.0. The molecule has 0 aliphatic carbocycles. The lowest BCUT2D eigenvalue weighted by Crippen LogP contribution is -2.23. The zero-order chi connectivity index (χ0) is 18.4. The van der Waals surface area contributed by atoms with Gasteiger partial charge < -0.3 is 10.2 Å². The van der Waals surface area contributed by atoms with Gasteiger partial charge in [-0.15, -0.1) is 0 Å². The SMILES string of the molecule is CC(=O)N(C)Cc1cccc(NC(=O)CCc2ccc(Cl)cc2Cl)c1. The maximum absolute atomic E-state index is 12.2. The molecule has 2 amide bonds. The zero-order valence-corrected chi connectivity index (χ0v) is 15.7. The Morgan fingerprint density at radius 3 is 2.56 bits per heavy atom. The first-order chi connectivity index (χ1) is 11.8. The highest BCUT2D eigenvalue weighted by Crippen LogP contribution is 2.22. The zero-order valence-electron chi connectivity index (χ0n) is 14.2. The second kappa shape index (κ2) is 8.88. The van der Waals surface area contributed by atoms with E-state index in [0.29, 0.717) is 35.1 Å². The summed E-state index contributed by atoms with van der Waals surface area (Å²) in [6.45, 7) is 2.02. The van der Waals surface area contributed by atoms with E-state index in [-0.39, 0.29) is 11.8 Å². The summed E-state index contributed by atoms with van der Waals surface area (Å²) in [6.07, 6.45) is 0.855. The molecular weight excluding hydrogens is 359 g/mol. The number of nitrogens with zero attached hydrogens (tertiary/aromatic N) is 1. The van der Waals surface area contributed by atoms with Crippen LogP contribution in [0.4, 0.5) is 5.69 Å². The smallest absolute Gasteiger partial charge is 0.224 e. The summed E-state index contributed by atoms with van der Waals surface area (Å²) < 4.78 is 0. The van der Waals surface area contributed by atoms with Crippen LogP contribution in [-0.2, 0) is 22.6 Å². The van der Waals surface area contributed by atoms with Gasteiger partial charge in [0.1, 0.15) is 0 Å². The lowest BCUT2D eigenvalue weighted by molar-refractivity contribution is -0.128. The maximum atomic E-state index is 12.2. The number of amides is 2. The normalized spacial score (nSPS) is 10.4. The van der Waals surface area contributed by atoms with Gasteiger partial charge in [-0.1, -0.05) is 41.4 Å². The van der Waals surface area contributed by atoms with Crippen LogP contribution in [0.25, 0.3) is 0 Å². The van der Waals surface area contributed by atoms with Crippen molar-refractivity contribution >= 4 is 40.7 Å². The molecule has 6 heteroatoms. The van der Waals surface area contributed by atoms with Gasteiger partial charge in [0.2, 0.25) is 11.8 Å². The number of benzene rings is 2. The fourth-order valence-electron chi connectivity index (χ4n) is 2.33. The summed E-state index contributed by atoms with van der Waals surface area (Å²) in [6, 6.07) is 12.7. The van der Waals surface area contributed by atoms with Crippen molar-refractivity contribution in [1.82, 2.24) is 4.90 Å². The van der Waals surface area contributed by atoms with Crippen LogP contribution in [-0.4, -0.2) is 23.8 Å². The molecule has 0 spiro atoms. The lowest BCUT2D eigenvalue weighted by atomic mass is 10.1. The first-order valence-corrected chi connectivity index (χ1v) is 8.65. The fourth-order valence-corrected chi connectivity index (χ4v) is 2.83. The summed E-state index contributed by atoms with van der Waals surface area (Å²) in [5.41, 5.74) is 2.55. The van der Waals surface area contributed by atoms with Gasteiger partial charge in [0.25, 0.3) is 0 Å². The van der Waals surface area contributed by atoms with Gasteiger partial charge in [-0.2, -0.15) is 0 Å². The fraction of sp³-hybridized carbons (Fsp3) is 0.263. The summed E-state index contributed by atoms with van der Waals surface area (Å²) in [5, 5.41) is 4.01. The number of carbonyl (C=O) groups is 2. The van der Waals surface area contributed by atoms with Gasteiger partial charge >= 0.3 is 0 Å². The molecule has 2 aromatic rings. The number of halogens is 2. The molecule has 0 aromatic heterocycles. The Morgan fingerprint density at radius 1 is 1.12 bits per heavy atom. The maximum Gasteiger partial charge on any atom is 0.224 e. The Bertz CT molecular complexity index is 778. The largest absolute Gasteiger partial charge is 0.342 e. The molecule has 2 aromatic carbocycles. The third-order valence-electron chi connectivity index (χ3n) is 3.80. The van der Waals surface area contributed by atoms with Crippen molar-refractivity contribution in [2.45, 2.75) is 26.3 Å². The Labute approximate surface area is 157 Å².